The van der Waals surface area contributed by atoms with Gasteiger partial charge < -0.3 is 16.0 Å². The van der Waals surface area contributed by atoms with E-state index in [1.54, 1.807) is 0 Å². The summed E-state index contributed by atoms with van der Waals surface area (Å²) >= 11 is 0. The summed E-state index contributed by atoms with van der Waals surface area (Å²) in [5.74, 6) is -0.175. The molecule has 5 N–H and O–H groups in total. The van der Waals surface area contributed by atoms with Crippen LogP contribution in [0.5, 0.6) is 0 Å². The van der Waals surface area contributed by atoms with Crippen LogP contribution in [0.2, 0.25) is 0 Å². The first-order valence-corrected chi connectivity index (χ1v) is 5.59. The molecular weight excluding hydrogens is 246 g/mol. The number of nitrogens with zero attached hydrogens (tertiary/aromatic N) is 1. The first-order chi connectivity index (χ1) is 9.15. The molecule has 1 heterocycles. The second-order valence-electron chi connectivity index (χ2n) is 3.80. The van der Waals surface area contributed by atoms with Crippen LogP contribution in [0.4, 0.5) is 10.7 Å². The number of aromatic nitrogens is 2. The number of carbonyl (C=O) groups is 2. The van der Waals surface area contributed by atoms with Gasteiger partial charge in [0.2, 0.25) is 5.95 Å². The largest absolute Gasteiger partial charge is 0.351 e. The zero-order valence-electron chi connectivity index (χ0n) is 10.0. The highest BCUT2D eigenvalue weighted by Crippen LogP contribution is 2.03. The predicted molar refractivity (Wildman–Crippen MR) is 69.4 cm³/mol. The average Bonchev–Trinajstić information content (AvgIpc) is 2.85. The fourth-order valence-corrected chi connectivity index (χ4v) is 1.49. The van der Waals surface area contributed by atoms with E-state index < -0.39 is 6.03 Å². The highest BCUT2D eigenvalue weighted by molar-refractivity contribution is 5.93. The average molecular weight is 259 g/mol. The van der Waals surface area contributed by atoms with E-state index in [-0.39, 0.29) is 17.5 Å². The highest BCUT2D eigenvalue weighted by Gasteiger charge is 2.09. The number of aromatic amines is 1. The van der Waals surface area contributed by atoms with Crippen LogP contribution in [-0.2, 0) is 6.54 Å². The van der Waals surface area contributed by atoms with Crippen LogP contribution < -0.4 is 16.4 Å². The molecule has 1 aromatic carbocycles. The monoisotopic (exact) mass is 259 g/mol. The number of benzene rings is 1. The van der Waals surface area contributed by atoms with Gasteiger partial charge in [0.1, 0.15) is 5.69 Å². The Hall–Kier alpha value is -2.83. The Morgan fingerprint density at radius 2 is 2.00 bits per heavy atom. The second kappa shape index (κ2) is 5.67. The molecule has 2 aromatic rings. The van der Waals surface area contributed by atoms with E-state index in [0.717, 1.165) is 5.56 Å². The molecule has 0 unspecified atom stereocenters. The lowest BCUT2D eigenvalue weighted by atomic mass is 10.2. The van der Waals surface area contributed by atoms with E-state index in [2.05, 4.69) is 20.6 Å². The summed E-state index contributed by atoms with van der Waals surface area (Å²) in [7, 11) is 0. The SMILES string of the molecule is NC(=O)Nc1ncc(C(=O)NCc2ccccc2)[nH]1. The van der Waals surface area contributed by atoms with Crippen LogP contribution in [0.1, 0.15) is 16.1 Å². The van der Waals surface area contributed by atoms with Gasteiger partial charge in [-0.3, -0.25) is 10.1 Å². The van der Waals surface area contributed by atoms with Crippen molar-refractivity contribution in [3.63, 3.8) is 0 Å². The van der Waals surface area contributed by atoms with Crippen LogP contribution >= 0.6 is 0 Å². The summed E-state index contributed by atoms with van der Waals surface area (Å²) in [5.41, 5.74) is 6.18. The van der Waals surface area contributed by atoms with E-state index in [4.69, 9.17) is 5.73 Å². The molecule has 2 rings (SSSR count). The number of primary amides is 1. The summed E-state index contributed by atoms with van der Waals surface area (Å²) < 4.78 is 0. The molecule has 98 valence electrons. The Bertz CT molecular complexity index is 579. The van der Waals surface area contributed by atoms with Gasteiger partial charge >= 0.3 is 6.03 Å². The standard InChI is InChI=1S/C12H13N5O2/c13-11(19)17-12-15-7-9(16-12)10(18)14-6-8-4-2-1-3-5-8/h1-5,7H,6H2,(H,14,18)(H4,13,15,16,17,19). The third kappa shape index (κ3) is 3.56. The Kier molecular flexibility index (Phi) is 3.77. The Labute approximate surface area is 109 Å². The number of nitrogens with one attached hydrogen (secondary N) is 3. The molecule has 0 bridgehead atoms. The van der Waals surface area contributed by atoms with Crippen molar-refractivity contribution in [1.82, 2.24) is 15.3 Å². The normalized spacial score (nSPS) is 9.89. The van der Waals surface area contributed by atoms with Gasteiger partial charge in [0.15, 0.2) is 0 Å². The van der Waals surface area contributed by atoms with Gasteiger partial charge in [-0.25, -0.2) is 9.78 Å². The Balaban J connectivity index is 1.93. The maximum absolute atomic E-state index is 11.8. The van der Waals surface area contributed by atoms with Crippen molar-refractivity contribution in [2.45, 2.75) is 6.54 Å². The van der Waals surface area contributed by atoms with Gasteiger partial charge in [-0.2, -0.15) is 0 Å². The molecule has 1 aromatic heterocycles. The maximum Gasteiger partial charge on any atom is 0.318 e. The minimum absolute atomic E-state index is 0.136. The van der Waals surface area contributed by atoms with Crippen LogP contribution in [0, 0.1) is 0 Å². The number of rotatable bonds is 4. The number of amides is 3. The number of anilines is 1. The third-order valence-electron chi connectivity index (χ3n) is 2.36. The van der Waals surface area contributed by atoms with Crippen molar-refractivity contribution < 1.29 is 9.59 Å². The zero-order valence-corrected chi connectivity index (χ0v) is 10.0. The van der Waals surface area contributed by atoms with Gasteiger partial charge in [-0.15, -0.1) is 0 Å². The first-order valence-electron chi connectivity index (χ1n) is 5.59. The molecule has 7 nitrogen and oxygen atoms in total. The topological polar surface area (TPSA) is 113 Å². The number of carbonyl (C=O) groups excluding carboxylic acids is 2. The summed E-state index contributed by atoms with van der Waals surface area (Å²) in [4.78, 5) is 28.8. The molecule has 0 radical (unpaired) electrons. The molecule has 0 saturated heterocycles. The number of urea groups is 1. The lowest BCUT2D eigenvalue weighted by Gasteiger charge is -2.03. The third-order valence-corrected chi connectivity index (χ3v) is 2.36. The molecule has 0 aliphatic rings. The van der Waals surface area contributed by atoms with Crippen molar-refractivity contribution in [2.24, 2.45) is 5.73 Å². The lowest BCUT2D eigenvalue weighted by Crippen LogP contribution is -2.23. The van der Waals surface area contributed by atoms with Crippen LogP contribution in [0.3, 0.4) is 0 Å². The van der Waals surface area contributed by atoms with Crippen LogP contribution in [-0.4, -0.2) is 21.9 Å². The molecular formula is C12H13N5O2. The summed E-state index contributed by atoms with van der Waals surface area (Å²) in [6.45, 7) is 0.414. The molecule has 0 atom stereocenters. The van der Waals surface area contributed by atoms with E-state index in [0.29, 0.717) is 6.54 Å². The van der Waals surface area contributed by atoms with Crippen molar-refractivity contribution >= 4 is 17.9 Å². The second-order valence-corrected chi connectivity index (χ2v) is 3.80. The molecule has 0 saturated carbocycles. The number of hydrogen-bond donors (Lipinski definition) is 4. The van der Waals surface area contributed by atoms with Gasteiger partial charge in [0.25, 0.3) is 5.91 Å². The molecule has 19 heavy (non-hydrogen) atoms. The number of H-pyrrole nitrogens is 1. The smallest absolute Gasteiger partial charge is 0.318 e. The van der Waals surface area contributed by atoms with E-state index >= 15 is 0 Å². The maximum atomic E-state index is 11.8. The van der Waals surface area contributed by atoms with Crippen molar-refractivity contribution in [1.29, 1.82) is 0 Å². The van der Waals surface area contributed by atoms with Gasteiger partial charge in [0, 0.05) is 6.54 Å². The van der Waals surface area contributed by atoms with Gasteiger partial charge in [-0.05, 0) is 5.56 Å². The molecule has 0 aliphatic heterocycles. The fraction of sp³-hybridized carbons (Fsp3) is 0.0833. The first kappa shape index (κ1) is 12.6. The van der Waals surface area contributed by atoms with Gasteiger partial charge in [-0.1, -0.05) is 30.3 Å². The number of nitrogens with two attached hydrogens (primary N) is 1. The number of hydrogen-bond acceptors (Lipinski definition) is 3. The summed E-state index contributed by atoms with van der Waals surface area (Å²) in [6, 6.07) is 8.77. The lowest BCUT2D eigenvalue weighted by molar-refractivity contribution is 0.0946. The zero-order chi connectivity index (χ0) is 13.7. The molecule has 0 spiro atoms. The number of imidazole rings is 1. The predicted octanol–water partition coefficient (Wildman–Crippen LogP) is 0.830. The highest BCUT2D eigenvalue weighted by atomic mass is 16.2. The van der Waals surface area contributed by atoms with E-state index in [9.17, 15) is 9.59 Å². The van der Waals surface area contributed by atoms with E-state index in [1.165, 1.54) is 6.20 Å². The van der Waals surface area contributed by atoms with Crippen LogP contribution in [0.15, 0.2) is 36.5 Å². The van der Waals surface area contributed by atoms with Crippen molar-refractivity contribution in [2.75, 3.05) is 5.32 Å². The van der Waals surface area contributed by atoms with Crippen molar-refractivity contribution in [3.05, 3.63) is 47.8 Å². The molecule has 0 aliphatic carbocycles. The van der Waals surface area contributed by atoms with Crippen LogP contribution in [0.25, 0.3) is 0 Å². The Morgan fingerprint density at radius 3 is 2.68 bits per heavy atom. The van der Waals surface area contributed by atoms with Crippen molar-refractivity contribution in [3.8, 4) is 0 Å². The minimum Gasteiger partial charge on any atom is -0.351 e. The Morgan fingerprint density at radius 1 is 1.26 bits per heavy atom. The van der Waals surface area contributed by atoms with Gasteiger partial charge in [0.05, 0.1) is 6.20 Å². The molecule has 7 heteroatoms. The minimum atomic E-state index is -0.745. The molecule has 3 amide bonds. The molecule has 0 fully saturated rings. The van der Waals surface area contributed by atoms with E-state index in [1.807, 2.05) is 30.3 Å². The quantitative estimate of drug-likeness (QED) is 0.652. The fourth-order valence-electron chi connectivity index (χ4n) is 1.49. The summed E-state index contributed by atoms with van der Waals surface area (Å²) in [6.07, 6.45) is 1.32. The summed E-state index contributed by atoms with van der Waals surface area (Å²) in [5, 5.41) is 4.97.